The molecule has 0 amide bonds. The summed E-state index contributed by atoms with van der Waals surface area (Å²) in [4.78, 5) is 0. The molecule has 0 saturated carbocycles. The van der Waals surface area contributed by atoms with Gasteiger partial charge in [-0.05, 0) is 0 Å². The van der Waals surface area contributed by atoms with E-state index in [1.807, 2.05) is 0 Å². The van der Waals surface area contributed by atoms with Crippen LogP contribution in [0.5, 0.6) is 0 Å². The molecule has 60 valence electrons. The predicted octanol–water partition coefficient (Wildman–Crippen LogP) is -8.00. The fourth-order valence-electron chi connectivity index (χ4n) is 0. The van der Waals surface area contributed by atoms with E-state index in [9.17, 15) is 0 Å². The number of rotatable bonds is 0. The van der Waals surface area contributed by atoms with Crippen molar-refractivity contribution in [3.05, 3.63) is 0 Å². The summed E-state index contributed by atoms with van der Waals surface area (Å²) in [7, 11) is 0. The van der Waals surface area contributed by atoms with Gasteiger partial charge in [-0.3, -0.25) is 8.42 Å². The van der Waals surface area contributed by atoms with Crippen LogP contribution in [-0.2, 0) is 43.1 Å². The quantitative estimate of drug-likeness (QED) is 0.323. The maximum atomic E-state index is 8.44. The van der Waals surface area contributed by atoms with Crippen molar-refractivity contribution in [1.29, 1.82) is 0 Å². The molecule has 0 atom stereocenters. The fourth-order valence-corrected chi connectivity index (χ4v) is 0. The third kappa shape index (κ3) is 190. The summed E-state index contributed by atoms with van der Waals surface area (Å²) >= 11 is -6.22. The number of hydrogen-bond donors (Lipinski definition) is 0. The Labute approximate surface area is 127 Å². The third-order valence-electron chi connectivity index (χ3n) is 0. The first-order valence-corrected chi connectivity index (χ1v) is 3.00. The van der Waals surface area contributed by atoms with Crippen LogP contribution in [0.4, 0.5) is 0 Å². The summed E-state index contributed by atoms with van der Waals surface area (Å²) in [6, 6.07) is 0. The SMILES string of the molecule is O=S([O-])[O-].O=S([O-])[O-].[Na+].[Na+].[Pd+2]. The molecule has 0 heterocycles. The molecular formula is Na2O6PdS2. The van der Waals surface area contributed by atoms with Gasteiger partial charge in [0.15, 0.2) is 0 Å². The van der Waals surface area contributed by atoms with Crippen molar-refractivity contribution < 1.29 is 106 Å². The molecule has 0 aromatic rings. The molecule has 0 rings (SSSR count). The molecule has 11 heteroatoms. The Bertz CT molecular complexity index is 76.6. The van der Waals surface area contributed by atoms with Crippen LogP contribution in [0.3, 0.4) is 0 Å². The van der Waals surface area contributed by atoms with Gasteiger partial charge in [-0.1, -0.05) is 0 Å². The summed E-state index contributed by atoms with van der Waals surface area (Å²) < 4.78 is 50.7. The summed E-state index contributed by atoms with van der Waals surface area (Å²) in [5.74, 6) is 0. The first-order chi connectivity index (χ1) is 3.46. The smallest absolute Gasteiger partial charge is 0.784 e. The van der Waals surface area contributed by atoms with E-state index >= 15 is 0 Å². The van der Waals surface area contributed by atoms with E-state index in [1.54, 1.807) is 0 Å². The third-order valence-corrected chi connectivity index (χ3v) is 0. The Morgan fingerprint density at radius 1 is 0.727 bits per heavy atom. The summed E-state index contributed by atoms with van der Waals surface area (Å²) in [6.45, 7) is 0. The molecule has 0 N–H and O–H groups in total. The second-order valence-electron chi connectivity index (χ2n) is 0.408. The van der Waals surface area contributed by atoms with Crippen molar-refractivity contribution in [2.75, 3.05) is 0 Å². The van der Waals surface area contributed by atoms with Gasteiger partial charge in [-0.2, -0.15) is 0 Å². The Morgan fingerprint density at radius 2 is 0.727 bits per heavy atom. The molecule has 0 bridgehead atoms. The summed E-state index contributed by atoms with van der Waals surface area (Å²) in [5.41, 5.74) is 0. The van der Waals surface area contributed by atoms with E-state index in [2.05, 4.69) is 0 Å². The average Bonchev–Trinajstić information content (AvgIpc) is 1.25. The van der Waals surface area contributed by atoms with Crippen LogP contribution < -0.4 is 59.1 Å². The predicted molar refractivity (Wildman–Crippen MR) is 19.4 cm³/mol. The van der Waals surface area contributed by atoms with Gasteiger partial charge in [0.25, 0.3) is 0 Å². The molecule has 0 aromatic heterocycles. The maximum Gasteiger partial charge on any atom is 2.00 e. The minimum Gasteiger partial charge on any atom is -0.784 e. The van der Waals surface area contributed by atoms with E-state index in [0.29, 0.717) is 0 Å². The monoisotopic (exact) mass is 312 g/mol. The molecule has 0 aliphatic rings. The Balaban J connectivity index is -0.0000000171. The standard InChI is InChI=1S/2Na.2H2O3S.Pd/c;;2*1-4(2)3;/h;;2*(H2,1,2,3);/q2*+1;;;+2/p-4. The van der Waals surface area contributed by atoms with Gasteiger partial charge in [-0.15, -0.1) is 22.7 Å². The van der Waals surface area contributed by atoms with Crippen LogP contribution in [-0.4, -0.2) is 26.6 Å². The van der Waals surface area contributed by atoms with Crippen LogP contribution in [0.1, 0.15) is 0 Å². The second kappa shape index (κ2) is 23.0. The average molecular weight is 313 g/mol. The van der Waals surface area contributed by atoms with E-state index in [0.717, 1.165) is 0 Å². The second-order valence-corrected chi connectivity index (χ2v) is 1.22. The van der Waals surface area contributed by atoms with E-state index in [1.165, 1.54) is 0 Å². The van der Waals surface area contributed by atoms with Gasteiger partial charge in [0, 0.05) is 0 Å². The van der Waals surface area contributed by atoms with Gasteiger partial charge in [-0.25, -0.2) is 0 Å². The molecule has 11 heavy (non-hydrogen) atoms. The zero-order valence-corrected chi connectivity index (χ0v) is 12.8. The van der Waals surface area contributed by atoms with Crippen LogP contribution in [0.25, 0.3) is 0 Å². The Hall–Kier alpha value is 2.80. The minimum absolute atomic E-state index is 0. The molecule has 0 aliphatic carbocycles. The van der Waals surface area contributed by atoms with Crippen molar-refractivity contribution in [3.8, 4) is 0 Å². The zero-order valence-electron chi connectivity index (χ0n) is 5.58. The topological polar surface area (TPSA) is 126 Å². The van der Waals surface area contributed by atoms with Gasteiger partial charge in [0.2, 0.25) is 0 Å². The molecule has 6 nitrogen and oxygen atoms in total. The van der Waals surface area contributed by atoms with Crippen LogP contribution in [0.15, 0.2) is 0 Å². The number of hydrogen-bond acceptors (Lipinski definition) is 6. The van der Waals surface area contributed by atoms with E-state index < -0.39 is 22.7 Å². The first kappa shape index (κ1) is 29.2. The van der Waals surface area contributed by atoms with Crippen molar-refractivity contribution >= 4 is 22.7 Å². The normalized spacial score (nSPS) is 6.36. The summed E-state index contributed by atoms with van der Waals surface area (Å²) in [5, 5.41) is 0. The Morgan fingerprint density at radius 3 is 0.727 bits per heavy atom. The van der Waals surface area contributed by atoms with Crippen LogP contribution >= 0.6 is 0 Å². The molecule has 0 fully saturated rings. The molecule has 0 spiro atoms. The van der Waals surface area contributed by atoms with Crippen LogP contribution in [0.2, 0.25) is 0 Å². The zero-order chi connectivity index (χ0) is 7.15. The van der Waals surface area contributed by atoms with E-state index in [-0.39, 0.29) is 79.5 Å². The Kier molecular flexibility index (Phi) is 61.1. The van der Waals surface area contributed by atoms with Crippen LogP contribution in [0, 0.1) is 0 Å². The molecule has 0 unspecified atom stereocenters. The summed E-state index contributed by atoms with van der Waals surface area (Å²) in [6.07, 6.45) is 0. The van der Waals surface area contributed by atoms with Crippen molar-refractivity contribution in [2.24, 2.45) is 0 Å². The maximum absolute atomic E-state index is 8.44. The van der Waals surface area contributed by atoms with Crippen molar-refractivity contribution in [2.45, 2.75) is 0 Å². The largest absolute Gasteiger partial charge is 2.00 e. The molecular weight excluding hydrogens is 313 g/mol. The first-order valence-electron chi connectivity index (χ1n) is 1.00. The molecule has 0 aromatic carbocycles. The van der Waals surface area contributed by atoms with Crippen molar-refractivity contribution in [3.63, 3.8) is 0 Å². The van der Waals surface area contributed by atoms with Gasteiger partial charge < -0.3 is 18.2 Å². The van der Waals surface area contributed by atoms with Gasteiger partial charge in [0.1, 0.15) is 0 Å². The van der Waals surface area contributed by atoms with Gasteiger partial charge in [0.05, 0.1) is 0 Å². The van der Waals surface area contributed by atoms with Gasteiger partial charge >= 0.3 is 79.5 Å². The molecule has 0 aliphatic heterocycles. The minimum atomic E-state index is -3.11. The molecule has 0 saturated heterocycles. The van der Waals surface area contributed by atoms with Crippen molar-refractivity contribution in [1.82, 2.24) is 0 Å². The molecule has 0 radical (unpaired) electrons. The van der Waals surface area contributed by atoms with E-state index in [4.69, 9.17) is 26.6 Å². The fraction of sp³-hybridized carbons (Fsp3) is 0.